The number of piperazine rings is 1. The molecule has 1 aromatic heterocycles. The van der Waals surface area contributed by atoms with Crippen LogP contribution in [0.3, 0.4) is 0 Å². The number of aromatic nitrogens is 1. The van der Waals surface area contributed by atoms with Crippen molar-refractivity contribution in [2.45, 2.75) is 25.9 Å². The number of carbonyl (C=O) groups excluding carboxylic acids is 2. The second kappa shape index (κ2) is 8.77. The highest BCUT2D eigenvalue weighted by Crippen LogP contribution is 2.23. The monoisotopic (exact) mass is 434 g/mol. The van der Waals surface area contributed by atoms with Crippen LogP contribution in [0, 0.1) is 0 Å². The van der Waals surface area contributed by atoms with Gasteiger partial charge in [-0.3, -0.25) is 14.5 Å². The van der Waals surface area contributed by atoms with Crippen LogP contribution in [-0.2, 0) is 17.9 Å². The van der Waals surface area contributed by atoms with Crippen LogP contribution in [0.15, 0.2) is 48.5 Å². The Bertz CT molecular complexity index is 1070. The van der Waals surface area contributed by atoms with Crippen LogP contribution in [0.25, 0.3) is 10.2 Å². The Morgan fingerprint density at radius 1 is 0.968 bits per heavy atom. The molecule has 6 nitrogen and oxygen atoms in total. The standard InChI is InChI=1S/C24H26N4O2S/c29-23-9-4-10-28(23)16-18-5-3-6-19(15-18)24(30)27-13-11-26(12-14-27)17-22-25-20-7-1-2-8-21(20)31-22/h1-3,5-8,15H,4,9-14,16-17H2. The minimum absolute atomic E-state index is 0.0780. The zero-order chi connectivity index (χ0) is 21.2. The van der Waals surface area contributed by atoms with Crippen molar-refractivity contribution in [3.05, 3.63) is 64.7 Å². The van der Waals surface area contributed by atoms with E-state index in [9.17, 15) is 9.59 Å². The molecule has 0 saturated carbocycles. The van der Waals surface area contributed by atoms with Crippen LogP contribution >= 0.6 is 11.3 Å². The molecule has 2 aromatic carbocycles. The van der Waals surface area contributed by atoms with Crippen molar-refractivity contribution >= 4 is 33.4 Å². The molecule has 2 saturated heterocycles. The van der Waals surface area contributed by atoms with Gasteiger partial charge in [-0.2, -0.15) is 0 Å². The molecule has 31 heavy (non-hydrogen) atoms. The lowest BCUT2D eigenvalue weighted by Crippen LogP contribution is -2.48. The number of benzene rings is 2. The predicted octanol–water partition coefficient (Wildman–Crippen LogP) is 3.38. The topological polar surface area (TPSA) is 56.8 Å². The van der Waals surface area contributed by atoms with Crippen molar-refractivity contribution in [1.29, 1.82) is 0 Å². The SMILES string of the molecule is O=C1CCCN1Cc1cccc(C(=O)N2CCN(Cc3nc4ccccc4s3)CC2)c1. The van der Waals surface area contributed by atoms with Gasteiger partial charge in [-0.15, -0.1) is 11.3 Å². The zero-order valence-corrected chi connectivity index (χ0v) is 18.3. The molecule has 2 amide bonds. The number of nitrogens with zero attached hydrogens (tertiary/aromatic N) is 4. The van der Waals surface area contributed by atoms with Gasteiger partial charge < -0.3 is 9.80 Å². The lowest BCUT2D eigenvalue weighted by atomic mass is 10.1. The summed E-state index contributed by atoms with van der Waals surface area (Å²) in [6, 6.07) is 16.0. The number of hydrogen-bond donors (Lipinski definition) is 0. The predicted molar refractivity (Wildman–Crippen MR) is 122 cm³/mol. The van der Waals surface area contributed by atoms with E-state index in [0.717, 1.165) is 61.8 Å². The molecule has 0 atom stereocenters. The number of amides is 2. The Morgan fingerprint density at radius 2 is 1.81 bits per heavy atom. The summed E-state index contributed by atoms with van der Waals surface area (Å²) in [7, 11) is 0. The fraction of sp³-hybridized carbons (Fsp3) is 0.375. The van der Waals surface area contributed by atoms with Crippen molar-refractivity contribution in [3.63, 3.8) is 0 Å². The highest BCUT2D eigenvalue weighted by molar-refractivity contribution is 7.18. The first kappa shape index (κ1) is 20.2. The van der Waals surface area contributed by atoms with E-state index in [2.05, 4.69) is 17.0 Å². The van der Waals surface area contributed by atoms with E-state index in [1.54, 1.807) is 11.3 Å². The first-order valence-corrected chi connectivity index (χ1v) is 11.7. The maximum atomic E-state index is 13.1. The first-order chi connectivity index (χ1) is 15.2. The smallest absolute Gasteiger partial charge is 0.253 e. The summed E-state index contributed by atoms with van der Waals surface area (Å²) in [6.07, 6.45) is 1.57. The quantitative estimate of drug-likeness (QED) is 0.618. The molecule has 5 rings (SSSR count). The molecular weight excluding hydrogens is 408 g/mol. The van der Waals surface area contributed by atoms with Gasteiger partial charge in [0.1, 0.15) is 5.01 Å². The first-order valence-electron chi connectivity index (χ1n) is 10.9. The molecule has 0 radical (unpaired) electrons. The van der Waals surface area contributed by atoms with Crippen LogP contribution in [0.4, 0.5) is 0 Å². The molecule has 3 aromatic rings. The molecule has 3 heterocycles. The van der Waals surface area contributed by atoms with Gasteiger partial charge in [-0.25, -0.2) is 4.98 Å². The van der Waals surface area contributed by atoms with Crippen LogP contribution in [0.5, 0.6) is 0 Å². The maximum Gasteiger partial charge on any atom is 0.253 e. The van der Waals surface area contributed by atoms with E-state index in [1.807, 2.05) is 46.2 Å². The van der Waals surface area contributed by atoms with Crippen LogP contribution < -0.4 is 0 Å². The largest absolute Gasteiger partial charge is 0.338 e. The number of para-hydroxylation sites is 1. The molecule has 2 fully saturated rings. The zero-order valence-electron chi connectivity index (χ0n) is 17.5. The summed E-state index contributed by atoms with van der Waals surface area (Å²) >= 11 is 1.75. The second-order valence-electron chi connectivity index (χ2n) is 8.26. The van der Waals surface area contributed by atoms with E-state index in [1.165, 1.54) is 4.70 Å². The Labute approximate surface area is 186 Å². The summed E-state index contributed by atoms with van der Waals surface area (Å²) in [5.41, 5.74) is 2.80. The highest BCUT2D eigenvalue weighted by atomic mass is 32.1. The molecule has 0 aliphatic carbocycles. The van der Waals surface area contributed by atoms with Crippen molar-refractivity contribution in [2.24, 2.45) is 0 Å². The summed E-state index contributed by atoms with van der Waals surface area (Å²) in [5.74, 6) is 0.287. The average molecular weight is 435 g/mol. The van der Waals surface area contributed by atoms with Gasteiger partial charge in [0.15, 0.2) is 0 Å². The minimum atomic E-state index is 0.0780. The van der Waals surface area contributed by atoms with Crippen molar-refractivity contribution in [1.82, 2.24) is 19.7 Å². The molecule has 0 spiro atoms. The Kier molecular flexibility index (Phi) is 5.70. The van der Waals surface area contributed by atoms with E-state index >= 15 is 0 Å². The van der Waals surface area contributed by atoms with Crippen molar-refractivity contribution < 1.29 is 9.59 Å². The van der Waals surface area contributed by atoms with Gasteiger partial charge in [0.05, 0.1) is 16.8 Å². The van der Waals surface area contributed by atoms with Crippen molar-refractivity contribution in [2.75, 3.05) is 32.7 Å². The molecule has 0 bridgehead atoms. The Hall–Kier alpha value is -2.77. The van der Waals surface area contributed by atoms with Crippen LogP contribution in [0.1, 0.15) is 33.8 Å². The van der Waals surface area contributed by atoms with E-state index < -0.39 is 0 Å². The molecule has 2 aliphatic rings. The number of carbonyl (C=O) groups is 2. The number of fused-ring (bicyclic) bond motifs is 1. The molecule has 7 heteroatoms. The van der Waals surface area contributed by atoms with Gasteiger partial charge in [-0.05, 0) is 36.2 Å². The van der Waals surface area contributed by atoms with E-state index in [-0.39, 0.29) is 11.8 Å². The Morgan fingerprint density at radius 3 is 2.58 bits per heavy atom. The molecule has 160 valence electrons. The molecule has 0 unspecified atom stereocenters. The number of likely N-dealkylation sites (tertiary alicyclic amines) is 1. The van der Waals surface area contributed by atoms with Gasteiger partial charge in [0.2, 0.25) is 5.91 Å². The van der Waals surface area contributed by atoms with Crippen molar-refractivity contribution in [3.8, 4) is 0 Å². The third-order valence-corrected chi connectivity index (χ3v) is 7.10. The summed E-state index contributed by atoms with van der Waals surface area (Å²) < 4.78 is 1.22. The maximum absolute atomic E-state index is 13.1. The normalized spacial score (nSPS) is 17.6. The summed E-state index contributed by atoms with van der Waals surface area (Å²) in [5, 5.41) is 1.13. The number of rotatable bonds is 5. The lowest BCUT2D eigenvalue weighted by Gasteiger charge is -2.34. The number of thiazole rings is 1. The third-order valence-electron chi connectivity index (χ3n) is 6.08. The lowest BCUT2D eigenvalue weighted by molar-refractivity contribution is -0.128. The fourth-order valence-electron chi connectivity index (χ4n) is 4.36. The third kappa shape index (κ3) is 4.48. The highest BCUT2D eigenvalue weighted by Gasteiger charge is 2.24. The summed E-state index contributed by atoms with van der Waals surface area (Å²) in [6.45, 7) is 5.38. The van der Waals surface area contributed by atoms with Gasteiger partial charge >= 0.3 is 0 Å². The minimum Gasteiger partial charge on any atom is -0.338 e. The molecular formula is C24H26N4O2S. The second-order valence-corrected chi connectivity index (χ2v) is 9.38. The molecule has 2 aliphatic heterocycles. The van der Waals surface area contributed by atoms with Crippen LogP contribution in [-0.4, -0.2) is 64.2 Å². The fourth-order valence-corrected chi connectivity index (χ4v) is 5.37. The van der Waals surface area contributed by atoms with E-state index in [4.69, 9.17) is 4.98 Å². The van der Waals surface area contributed by atoms with Gasteiger partial charge in [-0.1, -0.05) is 24.3 Å². The van der Waals surface area contributed by atoms with Gasteiger partial charge in [0, 0.05) is 51.3 Å². The summed E-state index contributed by atoms with van der Waals surface area (Å²) in [4.78, 5) is 35.9. The Balaban J connectivity index is 1.18. The average Bonchev–Trinajstić information content (AvgIpc) is 3.39. The molecule has 0 N–H and O–H groups in total. The van der Waals surface area contributed by atoms with Gasteiger partial charge in [0.25, 0.3) is 5.91 Å². The van der Waals surface area contributed by atoms with Crippen LogP contribution in [0.2, 0.25) is 0 Å². The van der Waals surface area contributed by atoms with E-state index in [0.29, 0.717) is 18.5 Å². The number of hydrogen-bond acceptors (Lipinski definition) is 5.